The third-order valence-electron chi connectivity index (χ3n) is 2.47. The van der Waals surface area contributed by atoms with Gasteiger partial charge in [0, 0.05) is 10.0 Å². The maximum absolute atomic E-state index is 11.6. The molecule has 5 heteroatoms. The molecule has 2 rings (SSSR count). The minimum absolute atomic E-state index is 0.163. The highest BCUT2D eigenvalue weighted by atomic mass is 79.9. The predicted molar refractivity (Wildman–Crippen MR) is 75.2 cm³/mol. The smallest absolute Gasteiger partial charge is 0.265 e. The first-order chi connectivity index (χ1) is 7.99. The standard InChI is InChI=1S/C12H10Br2N2O/c1-6-3-4-8(5-9(6)13)11-15-7(2)10(14)12(17)16-11/h3-5H,1-2H3,(H,15,16,17). The normalized spacial score (nSPS) is 10.6. The molecule has 2 aromatic rings. The molecule has 0 aliphatic heterocycles. The third kappa shape index (κ3) is 2.50. The van der Waals surface area contributed by atoms with Crippen LogP contribution in [0.15, 0.2) is 31.9 Å². The maximum Gasteiger partial charge on any atom is 0.265 e. The lowest BCUT2D eigenvalue weighted by atomic mass is 10.1. The monoisotopic (exact) mass is 356 g/mol. The van der Waals surface area contributed by atoms with E-state index in [2.05, 4.69) is 41.8 Å². The van der Waals surface area contributed by atoms with Gasteiger partial charge in [-0.05, 0) is 41.4 Å². The summed E-state index contributed by atoms with van der Waals surface area (Å²) in [6.45, 7) is 3.81. The lowest BCUT2D eigenvalue weighted by Crippen LogP contribution is -2.11. The van der Waals surface area contributed by atoms with E-state index in [0.717, 1.165) is 15.6 Å². The highest BCUT2D eigenvalue weighted by Crippen LogP contribution is 2.23. The summed E-state index contributed by atoms with van der Waals surface area (Å²) in [4.78, 5) is 18.7. The summed E-state index contributed by atoms with van der Waals surface area (Å²) in [5.74, 6) is 0.580. The SMILES string of the molecule is Cc1ccc(-c2nc(C)c(Br)c(=O)[nH]2)cc1Br. The van der Waals surface area contributed by atoms with Crippen molar-refractivity contribution in [3.05, 3.63) is 48.8 Å². The number of rotatable bonds is 1. The number of hydrogen-bond acceptors (Lipinski definition) is 2. The lowest BCUT2D eigenvalue weighted by Gasteiger charge is -2.05. The largest absolute Gasteiger partial charge is 0.306 e. The van der Waals surface area contributed by atoms with E-state index < -0.39 is 0 Å². The van der Waals surface area contributed by atoms with E-state index in [1.807, 2.05) is 25.1 Å². The number of H-pyrrole nitrogens is 1. The van der Waals surface area contributed by atoms with E-state index in [-0.39, 0.29) is 5.56 Å². The Kier molecular flexibility index (Phi) is 3.49. The topological polar surface area (TPSA) is 45.8 Å². The fourth-order valence-electron chi connectivity index (χ4n) is 1.45. The Morgan fingerprint density at radius 3 is 2.53 bits per heavy atom. The van der Waals surface area contributed by atoms with Crippen LogP contribution in [0.1, 0.15) is 11.3 Å². The van der Waals surface area contributed by atoms with E-state index >= 15 is 0 Å². The maximum atomic E-state index is 11.6. The summed E-state index contributed by atoms with van der Waals surface area (Å²) in [5, 5.41) is 0. The predicted octanol–water partition coefficient (Wildman–Crippen LogP) is 3.58. The van der Waals surface area contributed by atoms with Crippen molar-refractivity contribution >= 4 is 31.9 Å². The van der Waals surface area contributed by atoms with E-state index in [1.54, 1.807) is 6.92 Å². The van der Waals surface area contributed by atoms with Crippen molar-refractivity contribution < 1.29 is 0 Å². The summed E-state index contributed by atoms with van der Waals surface area (Å²) in [5.41, 5.74) is 2.55. The molecule has 0 unspecified atom stereocenters. The average molecular weight is 358 g/mol. The molecule has 0 aliphatic rings. The number of hydrogen-bond donors (Lipinski definition) is 1. The van der Waals surface area contributed by atoms with Crippen LogP contribution in [-0.4, -0.2) is 9.97 Å². The molecule has 3 nitrogen and oxygen atoms in total. The average Bonchev–Trinajstić information content (AvgIpc) is 2.29. The molecule has 0 bridgehead atoms. The molecule has 0 saturated carbocycles. The van der Waals surface area contributed by atoms with Gasteiger partial charge in [-0.2, -0.15) is 0 Å². The Balaban J connectivity index is 2.61. The molecule has 1 N–H and O–H groups in total. The number of halogens is 2. The number of nitrogens with zero attached hydrogens (tertiary/aromatic N) is 1. The number of aromatic nitrogens is 2. The first-order valence-electron chi connectivity index (χ1n) is 5.02. The number of benzene rings is 1. The zero-order chi connectivity index (χ0) is 12.6. The molecular weight excluding hydrogens is 348 g/mol. The second-order valence-corrected chi connectivity index (χ2v) is 5.43. The van der Waals surface area contributed by atoms with E-state index in [9.17, 15) is 4.79 Å². The van der Waals surface area contributed by atoms with Gasteiger partial charge in [-0.1, -0.05) is 28.1 Å². The molecule has 1 aromatic carbocycles. The van der Waals surface area contributed by atoms with Crippen molar-refractivity contribution in [1.82, 2.24) is 9.97 Å². The second-order valence-electron chi connectivity index (χ2n) is 3.78. The molecule has 0 atom stereocenters. The van der Waals surface area contributed by atoms with Crippen molar-refractivity contribution in [3.8, 4) is 11.4 Å². The van der Waals surface area contributed by atoms with Gasteiger partial charge in [-0.25, -0.2) is 4.98 Å². The van der Waals surface area contributed by atoms with Crippen LogP contribution in [0.25, 0.3) is 11.4 Å². The van der Waals surface area contributed by atoms with Crippen LogP contribution in [0, 0.1) is 13.8 Å². The van der Waals surface area contributed by atoms with Gasteiger partial charge in [0.25, 0.3) is 5.56 Å². The number of aryl methyl sites for hydroxylation is 2. The van der Waals surface area contributed by atoms with Gasteiger partial charge in [-0.3, -0.25) is 4.79 Å². The van der Waals surface area contributed by atoms with E-state index in [4.69, 9.17) is 0 Å². The molecule has 0 amide bonds. The van der Waals surface area contributed by atoms with Crippen LogP contribution in [-0.2, 0) is 0 Å². The Hall–Kier alpha value is -0.940. The van der Waals surface area contributed by atoms with Gasteiger partial charge in [0.2, 0.25) is 0 Å². The summed E-state index contributed by atoms with van der Waals surface area (Å²) < 4.78 is 1.48. The highest BCUT2D eigenvalue weighted by molar-refractivity contribution is 9.10. The zero-order valence-electron chi connectivity index (χ0n) is 9.34. The summed E-state index contributed by atoms with van der Waals surface area (Å²) in [6.07, 6.45) is 0. The lowest BCUT2D eigenvalue weighted by molar-refractivity contribution is 1.05. The quantitative estimate of drug-likeness (QED) is 0.847. The van der Waals surface area contributed by atoms with Gasteiger partial charge in [-0.15, -0.1) is 0 Å². The molecule has 1 aromatic heterocycles. The Morgan fingerprint density at radius 1 is 1.24 bits per heavy atom. The van der Waals surface area contributed by atoms with Crippen LogP contribution >= 0.6 is 31.9 Å². The van der Waals surface area contributed by atoms with Crippen LogP contribution in [0.3, 0.4) is 0 Å². The molecule has 88 valence electrons. The van der Waals surface area contributed by atoms with Crippen molar-refractivity contribution in [2.45, 2.75) is 13.8 Å². The van der Waals surface area contributed by atoms with Gasteiger partial charge < -0.3 is 4.98 Å². The molecule has 0 aliphatic carbocycles. The van der Waals surface area contributed by atoms with Crippen molar-refractivity contribution in [2.75, 3.05) is 0 Å². The molecule has 0 saturated heterocycles. The fourth-order valence-corrected chi connectivity index (χ4v) is 2.01. The summed E-state index contributed by atoms with van der Waals surface area (Å²) in [6, 6.07) is 5.86. The molecular formula is C12H10Br2N2O. The van der Waals surface area contributed by atoms with Gasteiger partial charge in [0.15, 0.2) is 0 Å². The Morgan fingerprint density at radius 2 is 1.94 bits per heavy atom. The van der Waals surface area contributed by atoms with E-state index in [1.165, 1.54) is 0 Å². The van der Waals surface area contributed by atoms with Crippen LogP contribution < -0.4 is 5.56 Å². The van der Waals surface area contributed by atoms with Crippen LogP contribution in [0.5, 0.6) is 0 Å². The summed E-state index contributed by atoms with van der Waals surface area (Å²) >= 11 is 6.66. The zero-order valence-corrected chi connectivity index (χ0v) is 12.5. The molecule has 1 heterocycles. The Bertz CT molecular complexity index is 635. The first kappa shape index (κ1) is 12.5. The van der Waals surface area contributed by atoms with Crippen molar-refractivity contribution in [1.29, 1.82) is 0 Å². The molecule has 17 heavy (non-hydrogen) atoms. The second kappa shape index (κ2) is 4.74. The van der Waals surface area contributed by atoms with Crippen LogP contribution in [0.2, 0.25) is 0 Å². The van der Waals surface area contributed by atoms with Crippen molar-refractivity contribution in [3.63, 3.8) is 0 Å². The highest BCUT2D eigenvalue weighted by Gasteiger charge is 2.07. The fraction of sp³-hybridized carbons (Fsp3) is 0.167. The summed E-state index contributed by atoms with van der Waals surface area (Å²) in [7, 11) is 0. The molecule has 0 radical (unpaired) electrons. The van der Waals surface area contributed by atoms with Gasteiger partial charge in [0.1, 0.15) is 10.3 Å². The minimum Gasteiger partial charge on any atom is -0.306 e. The van der Waals surface area contributed by atoms with Crippen molar-refractivity contribution in [2.24, 2.45) is 0 Å². The van der Waals surface area contributed by atoms with E-state index in [0.29, 0.717) is 16.0 Å². The first-order valence-corrected chi connectivity index (χ1v) is 6.60. The third-order valence-corrected chi connectivity index (χ3v) is 4.26. The molecule has 0 spiro atoms. The Labute approximate surface area is 116 Å². The van der Waals surface area contributed by atoms with Gasteiger partial charge >= 0.3 is 0 Å². The number of aromatic amines is 1. The molecule has 0 fully saturated rings. The minimum atomic E-state index is -0.163. The van der Waals surface area contributed by atoms with Crippen LogP contribution in [0.4, 0.5) is 0 Å². The van der Waals surface area contributed by atoms with Gasteiger partial charge in [0.05, 0.1) is 5.69 Å². The number of nitrogens with one attached hydrogen (secondary N) is 1.